The molecule has 0 saturated carbocycles. The molecule has 0 aromatic heterocycles. The molecule has 1 aliphatic rings. The number of benzene rings is 2. The Morgan fingerprint density at radius 1 is 1.17 bits per heavy atom. The second-order valence-corrected chi connectivity index (χ2v) is 7.91. The standard InChI is InChI=1S/C16H13ClF2O3S/c17-10-1-4-13(5-2-10)23(20,21)16(8-12-9-22-12)14-7-11(18)3-6-15(14)19/h1-7,12,16H,8-9H2. The Morgan fingerprint density at radius 2 is 1.83 bits per heavy atom. The Kier molecular flexibility index (Phi) is 4.40. The molecule has 23 heavy (non-hydrogen) atoms. The van der Waals surface area contributed by atoms with E-state index in [9.17, 15) is 17.2 Å². The summed E-state index contributed by atoms with van der Waals surface area (Å²) in [6.07, 6.45) is -0.185. The molecule has 2 aromatic carbocycles. The van der Waals surface area contributed by atoms with Crippen molar-refractivity contribution in [2.75, 3.05) is 6.61 Å². The fourth-order valence-corrected chi connectivity index (χ4v) is 4.37. The third-order valence-corrected chi connectivity index (χ3v) is 6.08. The van der Waals surface area contributed by atoms with E-state index >= 15 is 0 Å². The Hall–Kier alpha value is -1.50. The first-order chi connectivity index (χ1) is 10.9. The van der Waals surface area contributed by atoms with Gasteiger partial charge in [-0.1, -0.05) is 11.6 Å². The van der Waals surface area contributed by atoms with Crippen LogP contribution in [-0.2, 0) is 14.6 Å². The van der Waals surface area contributed by atoms with Crippen molar-refractivity contribution in [1.82, 2.24) is 0 Å². The third kappa shape index (κ3) is 3.54. The van der Waals surface area contributed by atoms with Gasteiger partial charge in [-0.3, -0.25) is 0 Å². The second kappa shape index (κ2) is 6.19. The van der Waals surface area contributed by atoms with Gasteiger partial charge in [0.25, 0.3) is 0 Å². The van der Waals surface area contributed by atoms with E-state index in [4.69, 9.17) is 16.3 Å². The molecule has 122 valence electrons. The fraction of sp³-hybridized carbons (Fsp3) is 0.250. The van der Waals surface area contributed by atoms with Crippen molar-refractivity contribution >= 4 is 21.4 Å². The van der Waals surface area contributed by atoms with E-state index in [0.29, 0.717) is 11.6 Å². The highest BCUT2D eigenvalue weighted by Gasteiger charge is 2.37. The molecule has 3 rings (SSSR count). The lowest BCUT2D eigenvalue weighted by Crippen LogP contribution is -2.17. The van der Waals surface area contributed by atoms with E-state index in [2.05, 4.69) is 0 Å². The maximum atomic E-state index is 14.1. The van der Waals surface area contributed by atoms with Crippen molar-refractivity contribution in [3.63, 3.8) is 0 Å². The molecule has 1 saturated heterocycles. The molecule has 0 spiro atoms. The average molecular weight is 359 g/mol. The van der Waals surface area contributed by atoms with Gasteiger partial charge in [0.2, 0.25) is 0 Å². The van der Waals surface area contributed by atoms with Crippen LogP contribution < -0.4 is 0 Å². The highest BCUT2D eigenvalue weighted by Crippen LogP contribution is 2.37. The molecule has 7 heteroatoms. The predicted octanol–water partition coefficient (Wildman–Crippen LogP) is 3.92. The van der Waals surface area contributed by atoms with Crippen molar-refractivity contribution in [1.29, 1.82) is 0 Å². The lowest BCUT2D eigenvalue weighted by Gasteiger charge is -2.18. The summed E-state index contributed by atoms with van der Waals surface area (Å²) < 4.78 is 58.4. The summed E-state index contributed by atoms with van der Waals surface area (Å²) >= 11 is 5.77. The molecule has 1 fully saturated rings. The summed E-state index contributed by atoms with van der Waals surface area (Å²) in [5.41, 5.74) is -0.185. The van der Waals surface area contributed by atoms with Gasteiger partial charge in [-0.2, -0.15) is 0 Å². The van der Waals surface area contributed by atoms with Crippen LogP contribution in [0.25, 0.3) is 0 Å². The van der Waals surface area contributed by atoms with Crippen LogP contribution in [0.5, 0.6) is 0 Å². The maximum Gasteiger partial charge on any atom is 0.185 e. The van der Waals surface area contributed by atoms with Crippen molar-refractivity contribution in [2.45, 2.75) is 22.7 Å². The molecule has 0 N–H and O–H groups in total. The number of epoxide rings is 1. The lowest BCUT2D eigenvalue weighted by atomic mass is 10.1. The first kappa shape index (κ1) is 16.4. The van der Waals surface area contributed by atoms with Gasteiger partial charge >= 0.3 is 0 Å². The molecule has 0 bridgehead atoms. The number of ether oxygens (including phenoxy) is 1. The van der Waals surface area contributed by atoms with Crippen LogP contribution >= 0.6 is 11.6 Å². The van der Waals surface area contributed by atoms with E-state index in [1.807, 2.05) is 0 Å². The molecule has 2 aromatic rings. The number of hydrogen-bond donors (Lipinski definition) is 0. The summed E-state index contributed by atoms with van der Waals surface area (Å²) in [5.74, 6) is -1.44. The van der Waals surface area contributed by atoms with Crippen LogP contribution in [0.1, 0.15) is 17.2 Å². The first-order valence-electron chi connectivity index (χ1n) is 6.94. The van der Waals surface area contributed by atoms with Gasteiger partial charge in [0, 0.05) is 10.6 Å². The summed E-state index contributed by atoms with van der Waals surface area (Å²) in [5, 5.41) is -0.824. The van der Waals surface area contributed by atoms with E-state index in [1.165, 1.54) is 24.3 Å². The van der Waals surface area contributed by atoms with Gasteiger partial charge < -0.3 is 4.74 Å². The van der Waals surface area contributed by atoms with Crippen LogP contribution in [0.3, 0.4) is 0 Å². The Labute approximate surface area is 137 Å². The largest absolute Gasteiger partial charge is 0.373 e. The van der Waals surface area contributed by atoms with Crippen molar-refractivity contribution in [3.8, 4) is 0 Å². The van der Waals surface area contributed by atoms with Gasteiger partial charge in [0.1, 0.15) is 11.6 Å². The Bertz CT molecular complexity index is 818. The summed E-state index contributed by atoms with van der Waals surface area (Å²) in [6.45, 7) is 0.420. The smallest absolute Gasteiger partial charge is 0.185 e. The molecular weight excluding hydrogens is 346 g/mol. The van der Waals surface area contributed by atoms with Crippen molar-refractivity contribution in [2.24, 2.45) is 0 Å². The number of halogens is 3. The minimum absolute atomic E-state index is 0.0104. The summed E-state index contributed by atoms with van der Waals surface area (Å²) in [4.78, 5) is 0.0104. The minimum atomic E-state index is -3.91. The second-order valence-electron chi connectivity index (χ2n) is 5.34. The number of sulfone groups is 1. The quantitative estimate of drug-likeness (QED) is 0.761. The zero-order chi connectivity index (χ0) is 16.6. The maximum absolute atomic E-state index is 14.1. The van der Waals surface area contributed by atoms with Crippen molar-refractivity contribution in [3.05, 3.63) is 64.7 Å². The molecule has 3 nitrogen and oxygen atoms in total. The fourth-order valence-electron chi connectivity index (χ4n) is 2.41. The van der Waals surface area contributed by atoms with Gasteiger partial charge in [-0.15, -0.1) is 0 Å². The van der Waals surface area contributed by atoms with E-state index in [0.717, 1.165) is 18.2 Å². The molecular formula is C16H13ClF2O3S. The van der Waals surface area contributed by atoms with Crippen LogP contribution in [0, 0.1) is 11.6 Å². The molecule has 0 radical (unpaired) electrons. The van der Waals surface area contributed by atoms with E-state index in [-0.39, 0.29) is 23.0 Å². The van der Waals surface area contributed by atoms with E-state index in [1.54, 1.807) is 0 Å². The van der Waals surface area contributed by atoms with Crippen LogP contribution in [0.15, 0.2) is 47.4 Å². The summed E-state index contributed by atoms with van der Waals surface area (Å²) in [6, 6.07) is 8.42. The van der Waals surface area contributed by atoms with Gasteiger partial charge in [-0.05, 0) is 48.9 Å². The Balaban J connectivity index is 2.07. The lowest BCUT2D eigenvalue weighted by molar-refractivity contribution is 0.390. The van der Waals surface area contributed by atoms with Gasteiger partial charge in [0.05, 0.1) is 22.9 Å². The molecule has 2 atom stereocenters. The zero-order valence-electron chi connectivity index (χ0n) is 11.9. The average Bonchev–Trinajstić information content (AvgIpc) is 3.32. The van der Waals surface area contributed by atoms with Gasteiger partial charge in [-0.25, -0.2) is 17.2 Å². The van der Waals surface area contributed by atoms with Crippen LogP contribution in [-0.4, -0.2) is 21.1 Å². The third-order valence-electron chi connectivity index (χ3n) is 3.70. The topological polar surface area (TPSA) is 46.7 Å². The SMILES string of the molecule is O=S(=O)(c1ccc(Cl)cc1)C(CC1CO1)c1cc(F)ccc1F. The molecule has 1 heterocycles. The molecule has 1 aliphatic heterocycles. The van der Waals surface area contributed by atoms with E-state index < -0.39 is 26.7 Å². The molecule has 2 unspecified atom stereocenters. The summed E-state index contributed by atoms with van der Waals surface area (Å²) in [7, 11) is -3.91. The normalized spacial score (nSPS) is 18.7. The highest BCUT2D eigenvalue weighted by molar-refractivity contribution is 7.91. The predicted molar refractivity (Wildman–Crippen MR) is 82.1 cm³/mol. The minimum Gasteiger partial charge on any atom is -0.373 e. The molecule has 0 aliphatic carbocycles. The number of rotatable bonds is 5. The number of hydrogen-bond acceptors (Lipinski definition) is 3. The van der Waals surface area contributed by atoms with Crippen molar-refractivity contribution < 1.29 is 21.9 Å². The monoisotopic (exact) mass is 358 g/mol. The van der Waals surface area contributed by atoms with Crippen LogP contribution in [0.4, 0.5) is 8.78 Å². The first-order valence-corrected chi connectivity index (χ1v) is 8.86. The van der Waals surface area contributed by atoms with Crippen LogP contribution in [0.2, 0.25) is 5.02 Å². The zero-order valence-corrected chi connectivity index (χ0v) is 13.4. The van der Waals surface area contributed by atoms with Gasteiger partial charge in [0.15, 0.2) is 9.84 Å². The highest BCUT2D eigenvalue weighted by atomic mass is 35.5. The Morgan fingerprint density at radius 3 is 2.43 bits per heavy atom. The molecule has 0 amide bonds.